The molecule has 0 aliphatic carbocycles. The Morgan fingerprint density at radius 3 is 2.80 bits per heavy atom. The first kappa shape index (κ1) is 9.83. The van der Waals surface area contributed by atoms with Gasteiger partial charge in [0.25, 0.3) is 0 Å². The van der Waals surface area contributed by atoms with Gasteiger partial charge in [0.1, 0.15) is 17.3 Å². The third kappa shape index (κ3) is 1.88. The highest BCUT2D eigenvalue weighted by atomic mass is 16.1. The van der Waals surface area contributed by atoms with Gasteiger partial charge in [0, 0.05) is 24.4 Å². The van der Waals surface area contributed by atoms with Crippen LogP contribution in [0, 0.1) is 13.8 Å². The van der Waals surface area contributed by atoms with E-state index >= 15 is 0 Å². The Morgan fingerprint density at radius 2 is 2.13 bits per heavy atom. The molecule has 0 N–H and O–H groups in total. The normalized spacial score (nSPS) is 10.9. The maximum absolute atomic E-state index is 11.0. The Labute approximate surface area is 88.0 Å². The van der Waals surface area contributed by atoms with E-state index in [2.05, 4.69) is 9.97 Å². The summed E-state index contributed by atoms with van der Waals surface area (Å²) in [4.78, 5) is 19.7. The fraction of sp³-hybridized carbons (Fsp3) is 0.364. The van der Waals surface area contributed by atoms with E-state index in [1.165, 1.54) is 0 Å². The third-order valence-electron chi connectivity index (χ3n) is 2.24. The van der Waals surface area contributed by atoms with Crippen LogP contribution in [0.3, 0.4) is 0 Å². The second-order valence-electron chi connectivity index (χ2n) is 3.78. The van der Waals surface area contributed by atoms with Gasteiger partial charge in [-0.25, -0.2) is 9.97 Å². The number of imidazole rings is 1. The minimum atomic E-state index is 0.126. The fourth-order valence-corrected chi connectivity index (χ4v) is 1.67. The fourth-order valence-electron chi connectivity index (χ4n) is 1.67. The Hall–Kier alpha value is -1.71. The molecule has 0 bridgehead atoms. The minimum absolute atomic E-state index is 0.126. The summed E-state index contributed by atoms with van der Waals surface area (Å²) in [6.07, 6.45) is 2.26. The number of nitrogens with zero attached hydrogens (tertiary/aromatic N) is 3. The van der Waals surface area contributed by atoms with Gasteiger partial charge in [0.2, 0.25) is 0 Å². The number of aromatic nitrogens is 3. The van der Waals surface area contributed by atoms with Gasteiger partial charge in [-0.3, -0.25) is 9.20 Å². The Kier molecular flexibility index (Phi) is 2.26. The molecule has 0 spiro atoms. The molecule has 2 heterocycles. The van der Waals surface area contributed by atoms with Gasteiger partial charge < -0.3 is 0 Å². The number of fused-ring (bicyclic) bond motifs is 1. The van der Waals surface area contributed by atoms with Gasteiger partial charge in [-0.2, -0.15) is 0 Å². The Bertz CT molecular complexity index is 528. The molecule has 0 aromatic carbocycles. The summed E-state index contributed by atoms with van der Waals surface area (Å²) in [7, 11) is 0. The van der Waals surface area contributed by atoms with E-state index in [4.69, 9.17) is 0 Å². The highest BCUT2D eigenvalue weighted by Crippen LogP contribution is 2.09. The largest absolute Gasteiger partial charge is 0.300 e. The Morgan fingerprint density at radius 1 is 1.40 bits per heavy atom. The van der Waals surface area contributed by atoms with Crippen LogP contribution in [0.15, 0.2) is 12.3 Å². The summed E-state index contributed by atoms with van der Waals surface area (Å²) in [5.41, 5.74) is 2.61. The number of carbonyl (C=O) groups excluding carboxylic acids is 1. The number of ketones is 1. The van der Waals surface area contributed by atoms with Crippen LogP contribution in [-0.4, -0.2) is 20.2 Å². The smallest absolute Gasteiger partial charge is 0.140 e. The van der Waals surface area contributed by atoms with Gasteiger partial charge in [-0.05, 0) is 20.8 Å². The third-order valence-corrected chi connectivity index (χ3v) is 2.24. The number of carbonyl (C=O) groups is 1. The van der Waals surface area contributed by atoms with E-state index < -0.39 is 0 Å². The zero-order valence-electron chi connectivity index (χ0n) is 9.11. The van der Waals surface area contributed by atoms with E-state index in [1.54, 1.807) is 6.92 Å². The number of Topliss-reactive ketones (excluding diaryl/α,β-unsaturated/α-hetero) is 1. The lowest BCUT2D eigenvalue weighted by Gasteiger charge is -1.98. The molecule has 2 aromatic heterocycles. The van der Waals surface area contributed by atoms with Crippen molar-refractivity contribution in [3.8, 4) is 0 Å². The summed E-state index contributed by atoms with van der Waals surface area (Å²) < 4.78 is 1.91. The summed E-state index contributed by atoms with van der Waals surface area (Å²) in [5, 5.41) is 0. The minimum Gasteiger partial charge on any atom is -0.300 e. The standard InChI is InChI=1S/C11H13N3O/c1-7-4-11-13-10(5-8(2)15)6-14(11)9(3)12-7/h4,6H,5H2,1-3H3. The van der Waals surface area contributed by atoms with Crippen molar-refractivity contribution in [2.24, 2.45) is 0 Å². The molecule has 15 heavy (non-hydrogen) atoms. The van der Waals surface area contributed by atoms with Crippen LogP contribution in [0.5, 0.6) is 0 Å². The molecule has 2 aromatic rings. The van der Waals surface area contributed by atoms with Gasteiger partial charge >= 0.3 is 0 Å². The van der Waals surface area contributed by atoms with E-state index in [0.717, 1.165) is 22.9 Å². The number of hydrogen-bond donors (Lipinski definition) is 0. The topological polar surface area (TPSA) is 47.3 Å². The number of aryl methyl sites for hydroxylation is 2. The van der Waals surface area contributed by atoms with Gasteiger partial charge in [-0.1, -0.05) is 0 Å². The molecule has 0 unspecified atom stereocenters. The SMILES string of the molecule is CC(=O)Cc1cn2c(C)nc(C)cc2n1. The predicted molar refractivity (Wildman–Crippen MR) is 56.8 cm³/mol. The molecular formula is C11H13N3O. The van der Waals surface area contributed by atoms with E-state index in [-0.39, 0.29) is 5.78 Å². The van der Waals surface area contributed by atoms with E-state index in [1.807, 2.05) is 30.5 Å². The van der Waals surface area contributed by atoms with Crippen LogP contribution in [0.4, 0.5) is 0 Å². The van der Waals surface area contributed by atoms with Gasteiger partial charge in [-0.15, -0.1) is 0 Å². The molecule has 0 radical (unpaired) electrons. The van der Waals surface area contributed by atoms with Crippen molar-refractivity contribution in [2.75, 3.05) is 0 Å². The lowest BCUT2D eigenvalue weighted by atomic mass is 10.2. The molecule has 2 rings (SSSR count). The molecule has 0 aliphatic heterocycles. The molecular weight excluding hydrogens is 190 g/mol. The highest BCUT2D eigenvalue weighted by Gasteiger charge is 2.06. The van der Waals surface area contributed by atoms with E-state index in [0.29, 0.717) is 6.42 Å². The zero-order valence-corrected chi connectivity index (χ0v) is 9.11. The molecule has 4 nitrogen and oxygen atoms in total. The molecule has 0 saturated heterocycles. The lowest BCUT2D eigenvalue weighted by molar-refractivity contribution is -0.116. The van der Waals surface area contributed by atoms with Crippen molar-refractivity contribution < 1.29 is 4.79 Å². The average Bonchev–Trinajstić information content (AvgIpc) is 2.45. The molecule has 0 amide bonds. The van der Waals surface area contributed by atoms with Crippen LogP contribution in [0.2, 0.25) is 0 Å². The predicted octanol–water partition coefficient (Wildman–Crippen LogP) is 1.48. The molecule has 4 heteroatoms. The monoisotopic (exact) mass is 203 g/mol. The van der Waals surface area contributed by atoms with Crippen LogP contribution in [-0.2, 0) is 11.2 Å². The first-order chi connectivity index (χ1) is 7.06. The van der Waals surface area contributed by atoms with Crippen LogP contribution in [0.25, 0.3) is 5.65 Å². The van der Waals surface area contributed by atoms with Crippen LogP contribution >= 0.6 is 0 Å². The molecule has 0 fully saturated rings. The van der Waals surface area contributed by atoms with Crippen molar-refractivity contribution in [3.05, 3.63) is 29.5 Å². The zero-order chi connectivity index (χ0) is 11.0. The summed E-state index contributed by atoms with van der Waals surface area (Å²) in [6, 6.07) is 1.91. The van der Waals surface area contributed by atoms with E-state index in [9.17, 15) is 4.79 Å². The first-order valence-electron chi connectivity index (χ1n) is 4.88. The summed E-state index contributed by atoms with van der Waals surface area (Å²) in [6.45, 7) is 5.44. The van der Waals surface area contributed by atoms with Crippen molar-refractivity contribution in [3.63, 3.8) is 0 Å². The quantitative estimate of drug-likeness (QED) is 0.742. The highest BCUT2D eigenvalue weighted by molar-refractivity contribution is 5.77. The van der Waals surface area contributed by atoms with Crippen LogP contribution in [0.1, 0.15) is 24.1 Å². The van der Waals surface area contributed by atoms with Gasteiger partial charge in [0.05, 0.1) is 5.69 Å². The molecule has 0 aliphatic rings. The average molecular weight is 203 g/mol. The maximum atomic E-state index is 11.0. The molecule has 0 saturated carbocycles. The number of hydrogen-bond acceptors (Lipinski definition) is 3. The molecule has 0 atom stereocenters. The van der Waals surface area contributed by atoms with Crippen molar-refractivity contribution in [2.45, 2.75) is 27.2 Å². The van der Waals surface area contributed by atoms with Crippen molar-refractivity contribution in [1.82, 2.24) is 14.4 Å². The van der Waals surface area contributed by atoms with Crippen molar-refractivity contribution in [1.29, 1.82) is 0 Å². The van der Waals surface area contributed by atoms with Crippen molar-refractivity contribution >= 4 is 11.4 Å². The van der Waals surface area contributed by atoms with Gasteiger partial charge in [0.15, 0.2) is 0 Å². The number of rotatable bonds is 2. The second kappa shape index (κ2) is 3.46. The maximum Gasteiger partial charge on any atom is 0.140 e. The second-order valence-corrected chi connectivity index (χ2v) is 3.78. The first-order valence-corrected chi connectivity index (χ1v) is 4.88. The summed E-state index contributed by atoms with van der Waals surface area (Å²) >= 11 is 0. The lowest BCUT2D eigenvalue weighted by Crippen LogP contribution is -1.96. The molecule has 78 valence electrons. The Balaban J connectivity index is 2.55. The summed E-state index contributed by atoms with van der Waals surface area (Å²) in [5.74, 6) is 1.02. The van der Waals surface area contributed by atoms with Crippen LogP contribution < -0.4 is 0 Å².